The Bertz CT molecular complexity index is 1270. The second-order valence-corrected chi connectivity index (χ2v) is 10.6. The Labute approximate surface area is 215 Å². The number of anilines is 1. The van der Waals surface area contributed by atoms with Crippen LogP contribution in [0.5, 0.6) is 0 Å². The van der Waals surface area contributed by atoms with Gasteiger partial charge in [0.15, 0.2) is 12.6 Å². The quantitative estimate of drug-likeness (QED) is 0.413. The Balaban J connectivity index is 1.24. The van der Waals surface area contributed by atoms with E-state index < -0.39 is 11.6 Å². The van der Waals surface area contributed by atoms with E-state index in [-0.39, 0.29) is 17.9 Å². The number of aryl methyl sites for hydroxylation is 2. The van der Waals surface area contributed by atoms with Crippen molar-refractivity contribution < 1.29 is 23.9 Å². The molecule has 2 N–H and O–H groups in total. The molecule has 190 valence electrons. The van der Waals surface area contributed by atoms with Crippen LogP contribution in [0.4, 0.5) is 5.82 Å². The van der Waals surface area contributed by atoms with Crippen molar-refractivity contribution in [3.63, 3.8) is 0 Å². The Morgan fingerprint density at radius 3 is 2.27 bits per heavy atom. The molecule has 0 saturated carbocycles. The summed E-state index contributed by atoms with van der Waals surface area (Å²) in [6.45, 7) is 2.59. The molecule has 4 heterocycles. The summed E-state index contributed by atoms with van der Waals surface area (Å²) in [7, 11) is 0. The highest BCUT2D eigenvalue weighted by molar-refractivity contribution is 5.90. The molecule has 8 nitrogen and oxygen atoms in total. The first-order valence-electron chi connectivity index (χ1n) is 13.0. The Morgan fingerprint density at radius 2 is 1.65 bits per heavy atom. The van der Waals surface area contributed by atoms with Gasteiger partial charge in [-0.15, -0.1) is 0 Å². The molecule has 3 fully saturated rings. The van der Waals surface area contributed by atoms with Crippen molar-refractivity contribution in [3.8, 4) is 0 Å². The molecule has 3 aliphatic heterocycles. The van der Waals surface area contributed by atoms with Crippen LogP contribution in [0.25, 0.3) is 0 Å². The Hall–Kier alpha value is -3.62. The average molecular weight is 500 g/mol. The van der Waals surface area contributed by atoms with Crippen LogP contribution in [0, 0.1) is 5.92 Å². The largest absolute Gasteiger partial charge is 0.453 e. The van der Waals surface area contributed by atoms with Gasteiger partial charge in [0.25, 0.3) is 5.91 Å². The maximum atomic E-state index is 13.9. The van der Waals surface area contributed by atoms with Crippen molar-refractivity contribution in [1.82, 2.24) is 9.97 Å². The molecule has 4 aliphatic rings. The number of amides is 1. The van der Waals surface area contributed by atoms with E-state index in [9.17, 15) is 14.7 Å². The van der Waals surface area contributed by atoms with Crippen molar-refractivity contribution in [2.45, 2.75) is 37.4 Å². The van der Waals surface area contributed by atoms with E-state index in [4.69, 9.17) is 4.74 Å². The number of piperidine rings is 3. The van der Waals surface area contributed by atoms with Crippen LogP contribution in [0.2, 0.25) is 0 Å². The number of aromatic nitrogens is 2. The van der Waals surface area contributed by atoms with Gasteiger partial charge in [0.2, 0.25) is 5.60 Å². The fourth-order valence-electron chi connectivity index (χ4n) is 6.47. The van der Waals surface area contributed by atoms with Crippen LogP contribution in [0.15, 0.2) is 67.1 Å². The molecule has 1 aromatic heterocycles. The van der Waals surface area contributed by atoms with E-state index in [0.717, 1.165) is 49.9 Å². The molecule has 2 aromatic carbocycles. The second kappa shape index (κ2) is 9.36. The fourth-order valence-corrected chi connectivity index (χ4v) is 6.47. The summed E-state index contributed by atoms with van der Waals surface area (Å²) in [4.78, 5) is 34.8. The molecule has 1 atom stereocenters. The van der Waals surface area contributed by atoms with Crippen LogP contribution in [0.1, 0.15) is 35.1 Å². The van der Waals surface area contributed by atoms with Crippen LogP contribution in [0.3, 0.4) is 0 Å². The first-order valence-corrected chi connectivity index (χ1v) is 13.0. The van der Waals surface area contributed by atoms with Crippen LogP contribution in [-0.2, 0) is 32.8 Å². The molecular weight excluding hydrogens is 468 g/mol. The molecule has 7 rings (SSSR count). The molecule has 3 aromatic rings. The first-order chi connectivity index (χ1) is 18.0. The standard InChI is InChI=1S/C29H30N4O4/c34-27(32-26-11-14-30-19-31-26)18-33-15-12-22(13-16-33)25(17-33)37-28(35)29(36)23-7-3-1-5-20(23)9-10-21-6-2-4-8-24(21)29/h1-8,11,14,19,22,25,36H,9-10,12-13,15-18H2/p+1/t22?,25-,33?/m0/s1. The van der Waals surface area contributed by atoms with Crippen LogP contribution < -0.4 is 5.32 Å². The summed E-state index contributed by atoms with van der Waals surface area (Å²) in [5.41, 5.74) is 1.23. The lowest BCUT2D eigenvalue weighted by molar-refractivity contribution is -0.939. The summed E-state index contributed by atoms with van der Waals surface area (Å²) >= 11 is 0. The number of carbonyl (C=O) groups is 2. The summed E-state index contributed by atoms with van der Waals surface area (Å²) < 4.78 is 6.77. The second-order valence-electron chi connectivity index (χ2n) is 10.6. The van der Waals surface area contributed by atoms with Gasteiger partial charge in [0.1, 0.15) is 18.7 Å². The van der Waals surface area contributed by atoms with Gasteiger partial charge < -0.3 is 19.6 Å². The predicted octanol–water partition coefficient (Wildman–Crippen LogP) is 2.60. The van der Waals surface area contributed by atoms with E-state index in [2.05, 4.69) is 15.3 Å². The van der Waals surface area contributed by atoms with Gasteiger partial charge in [-0.05, 0) is 30.0 Å². The number of nitrogens with one attached hydrogen (secondary N) is 1. The van der Waals surface area contributed by atoms with Gasteiger partial charge in [0, 0.05) is 36.1 Å². The average Bonchev–Trinajstić information content (AvgIpc) is 3.05. The number of rotatable bonds is 5. The lowest BCUT2D eigenvalue weighted by Gasteiger charge is -2.51. The molecule has 1 amide bonds. The zero-order valence-electron chi connectivity index (χ0n) is 20.7. The number of hydrogen-bond acceptors (Lipinski definition) is 6. The third kappa shape index (κ3) is 4.30. The van der Waals surface area contributed by atoms with Crippen molar-refractivity contribution >= 4 is 17.7 Å². The lowest BCUT2D eigenvalue weighted by Crippen LogP contribution is -2.66. The molecule has 0 unspecified atom stereocenters. The minimum atomic E-state index is -1.87. The van der Waals surface area contributed by atoms with Crippen molar-refractivity contribution in [2.24, 2.45) is 5.92 Å². The molecule has 0 radical (unpaired) electrons. The van der Waals surface area contributed by atoms with Crippen LogP contribution in [-0.4, -0.2) is 63.7 Å². The highest BCUT2D eigenvalue weighted by atomic mass is 16.6. The Kier molecular flexibility index (Phi) is 6.01. The van der Waals surface area contributed by atoms with Crippen molar-refractivity contribution in [3.05, 3.63) is 89.4 Å². The minimum Gasteiger partial charge on any atom is -0.453 e. The molecular formula is C29H31N4O4+. The number of quaternary nitrogens is 1. The number of nitrogens with zero attached hydrogens (tertiary/aromatic N) is 3. The highest BCUT2D eigenvalue weighted by Crippen LogP contribution is 2.41. The van der Waals surface area contributed by atoms with E-state index >= 15 is 0 Å². The van der Waals surface area contributed by atoms with E-state index in [0.29, 0.717) is 34.5 Å². The third-order valence-corrected chi connectivity index (χ3v) is 8.40. The molecule has 3 saturated heterocycles. The molecule has 8 heteroatoms. The van der Waals surface area contributed by atoms with Gasteiger partial charge in [-0.1, -0.05) is 48.5 Å². The summed E-state index contributed by atoms with van der Waals surface area (Å²) in [5, 5.41) is 15.0. The van der Waals surface area contributed by atoms with Gasteiger partial charge in [0.05, 0.1) is 13.1 Å². The van der Waals surface area contributed by atoms with E-state index in [1.165, 1.54) is 6.33 Å². The van der Waals surface area contributed by atoms with Crippen molar-refractivity contribution in [2.75, 3.05) is 31.5 Å². The lowest BCUT2D eigenvalue weighted by atomic mass is 9.81. The van der Waals surface area contributed by atoms with E-state index in [1.54, 1.807) is 12.3 Å². The van der Waals surface area contributed by atoms with Crippen LogP contribution >= 0.6 is 0 Å². The number of benzene rings is 2. The molecule has 37 heavy (non-hydrogen) atoms. The fraction of sp³-hybridized carbons (Fsp3) is 0.379. The van der Waals surface area contributed by atoms with Gasteiger partial charge >= 0.3 is 5.97 Å². The maximum absolute atomic E-state index is 13.9. The Morgan fingerprint density at radius 1 is 1.00 bits per heavy atom. The number of hydrogen-bond donors (Lipinski definition) is 2. The third-order valence-electron chi connectivity index (χ3n) is 8.40. The molecule has 1 aliphatic carbocycles. The van der Waals surface area contributed by atoms with Gasteiger partial charge in [-0.3, -0.25) is 4.79 Å². The summed E-state index contributed by atoms with van der Waals surface area (Å²) in [6.07, 6.45) is 5.89. The maximum Gasteiger partial charge on any atom is 0.348 e. The SMILES string of the molecule is O=C(C[N+]12CCC(CC1)[C@@H](OC(=O)C1(O)c3ccccc3CCc3ccccc31)C2)Nc1ccncn1. The summed E-state index contributed by atoms with van der Waals surface area (Å²) in [5.74, 6) is -0.0410. The number of fused-ring (bicyclic) bond motifs is 5. The zero-order chi connectivity index (χ0) is 25.5. The topological polar surface area (TPSA) is 101 Å². The summed E-state index contributed by atoms with van der Waals surface area (Å²) in [6, 6.07) is 16.9. The normalized spacial score (nSPS) is 25.3. The minimum absolute atomic E-state index is 0.116. The molecule has 2 bridgehead atoms. The number of aliphatic hydroxyl groups is 1. The monoisotopic (exact) mass is 499 g/mol. The first kappa shape index (κ1) is 23.8. The van der Waals surface area contributed by atoms with Gasteiger partial charge in [-0.2, -0.15) is 0 Å². The number of carbonyl (C=O) groups excluding carboxylic acids is 2. The zero-order valence-corrected chi connectivity index (χ0v) is 20.7. The number of ether oxygens (including phenoxy) is 1. The van der Waals surface area contributed by atoms with E-state index in [1.807, 2.05) is 48.5 Å². The van der Waals surface area contributed by atoms with Gasteiger partial charge in [-0.25, -0.2) is 14.8 Å². The number of esters is 1. The smallest absolute Gasteiger partial charge is 0.348 e. The van der Waals surface area contributed by atoms with Crippen molar-refractivity contribution in [1.29, 1.82) is 0 Å². The highest BCUT2D eigenvalue weighted by Gasteiger charge is 2.52. The predicted molar refractivity (Wildman–Crippen MR) is 136 cm³/mol. The molecule has 0 spiro atoms.